The summed E-state index contributed by atoms with van der Waals surface area (Å²) in [5.41, 5.74) is -0.0278. The maximum Gasteiger partial charge on any atom is 0.355 e. The predicted molar refractivity (Wildman–Crippen MR) is 92.0 cm³/mol. The van der Waals surface area contributed by atoms with Gasteiger partial charge in [-0.25, -0.2) is 18.2 Å². The van der Waals surface area contributed by atoms with Gasteiger partial charge in [-0.05, 0) is 12.1 Å². The number of carbonyl (C=O) groups is 2. The maximum absolute atomic E-state index is 12.3. The maximum atomic E-state index is 12.3. The van der Waals surface area contributed by atoms with E-state index in [1.807, 2.05) is 0 Å². The normalized spacial score (nSPS) is 11.4. The van der Waals surface area contributed by atoms with E-state index in [9.17, 15) is 18.0 Å². The number of nitrogens with zero attached hydrogens (tertiary/aromatic N) is 2. The molecule has 10 heteroatoms. The average molecular weight is 383 g/mol. The second-order valence-corrected chi connectivity index (χ2v) is 8.09. The topological polar surface area (TPSA) is 117 Å². The first-order chi connectivity index (χ1) is 11.8. The molecule has 0 bridgehead atoms. The van der Waals surface area contributed by atoms with Gasteiger partial charge < -0.3 is 10.4 Å². The highest BCUT2D eigenvalue weighted by molar-refractivity contribution is 7.89. The molecule has 0 atom stereocenters. The van der Waals surface area contributed by atoms with Gasteiger partial charge in [-0.15, -0.1) is 11.3 Å². The number of likely N-dealkylation sites (N-methyl/N-ethyl adjacent to an activating group) is 1. The second kappa shape index (κ2) is 8.19. The van der Waals surface area contributed by atoms with E-state index in [4.69, 9.17) is 5.11 Å². The van der Waals surface area contributed by atoms with Crippen LogP contribution >= 0.6 is 11.3 Å². The van der Waals surface area contributed by atoms with Crippen molar-refractivity contribution in [3.05, 3.63) is 46.4 Å². The summed E-state index contributed by atoms with van der Waals surface area (Å²) < 4.78 is 25.6. The van der Waals surface area contributed by atoms with E-state index >= 15 is 0 Å². The van der Waals surface area contributed by atoms with Crippen LogP contribution in [0.15, 0.2) is 40.6 Å². The van der Waals surface area contributed by atoms with Crippen LogP contribution in [0.5, 0.6) is 0 Å². The summed E-state index contributed by atoms with van der Waals surface area (Å²) in [4.78, 5) is 26.7. The van der Waals surface area contributed by atoms with Gasteiger partial charge in [-0.1, -0.05) is 18.2 Å². The molecule has 0 saturated heterocycles. The van der Waals surface area contributed by atoms with Gasteiger partial charge in [0.1, 0.15) is 0 Å². The molecule has 25 heavy (non-hydrogen) atoms. The molecule has 2 N–H and O–H groups in total. The van der Waals surface area contributed by atoms with Crippen LogP contribution in [0.25, 0.3) is 0 Å². The largest absolute Gasteiger partial charge is 0.476 e. The third-order valence-corrected chi connectivity index (χ3v) is 5.98. The Labute approximate surface area is 149 Å². The van der Waals surface area contributed by atoms with Crippen LogP contribution in [0.3, 0.4) is 0 Å². The van der Waals surface area contributed by atoms with E-state index in [1.54, 1.807) is 18.2 Å². The van der Waals surface area contributed by atoms with Crippen LogP contribution in [0, 0.1) is 0 Å². The minimum atomic E-state index is -3.72. The van der Waals surface area contributed by atoms with Crippen molar-refractivity contribution < 1.29 is 23.1 Å². The zero-order valence-electron chi connectivity index (χ0n) is 13.4. The molecular weight excluding hydrogens is 366 g/mol. The van der Waals surface area contributed by atoms with Crippen molar-refractivity contribution in [2.24, 2.45) is 0 Å². The fourth-order valence-corrected chi connectivity index (χ4v) is 3.87. The molecule has 0 aliphatic carbocycles. The van der Waals surface area contributed by atoms with Gasteiger partial charge in [0.25, 0.3) is 0 Å². The zero-order valence-corrected chi connectivity index (χ0v) is 15.0. The molecule has 134 valence electrons. The lowest BCUT2D eigenvalue weighted by atomic mass is 10.4. The number of aromatic carboxylic acids is 1. The monoisotopic (exact) mass is 383 g/mol. The summed E-state index contributed by atoms with van der Waals surface area (Å²) in [6.07, 6.45) is 0.374. The number of amides is 1. The number of benzene rings is 1. The lowest BCUT2D eigenvalue weighted by molar-refractivity contribution is -0.121. The van der Waals surface area contributed by atoms with E-state index in [0.717, 1.165) is 4.31 Å². The summed E-state index contributed by atoms with van der Waals surface area (Å²) in [5.74, 6) is -1.55. The van der Waals surface area contributed by atoms with Crippen LogP contribution < -0.4 is 5.32 Å². The fourth-order valence-electron chi connectivity index (χ4n) is 1.95. The summed E-state index contributed by atoms with van der Waals surface area (Å²) >= 11 is 1.20. The second-order valence-electron chi connectivity index (χ2n) is 5.11. The summed E-state index contributed by atoms with van der Waals surface area (Å²) in [5, 5.41) is 13.4. The number of sulfonamides is 1. The highest BCUT2D eigenvalue weighted by atomic mass is 32.2. The Kier molecular flexibility index (Phi) is 6.23. The third kappa shape index (κ3) is 5.08. The van der Waals surface area contributed by atoms with Crippen molar-refractivity contribution in [2.45, 2.75) is 11.3 Å². The Bertz CT molecular complexity index is 849. The number of hydrogen-bond donors (Lipinski definition) is 2. The Morgan fingerprint density at radius 2 is 1.96 bits per heavy atom. The first kappa shape index (κ1) is 19.0. The van der Waals surface area contributed by atoms with Crippen molar-refractivity contribution in [1.82, 2.24) is 14.6 Å². The van der Waals surface area contributed by atoms with Crippen LogP contribution in [-0.2, 0) is 21.2 Å². The highest BCUT2D eigenvalue weighted by Crippen LogP contribution is 2.13. The van der Waals surface area contributed by atoms with E-state index in [1.165, 1.54) is 35.9 Å². The van der Waals surface area contributed by atoms with E-state index in [-0.39, 0.29) is 23.7 Å². The molecule has 1 aromatic heterocycles. The number of rotatable bonds is 8. The minimum Gasteiger partial charge on any atom is -0.476 e. The minimum absolute atomic E-state index is 0.0278. The molecule has 0 saturated carbocycles. The molecule has 1 amide bonds. The molecule has 0 aliphatic rings. The van der Waals surface area contributed by atoms with Crippen molar-refractivity contribution in [2.75, 3.05) is 20.1 Å². The van der Waals surface area contributed by atoms with Crippen LogP contribution in [0.4, 0.5) is 0 Å². The molecule has 0 radical (unpaired) electrons. The molecule has 0 fully saturated rings. The third-order valence-electron chi connectivity index (χ3n) is 3.25. The van der Waals surface area contributed by atoms with Gasteiger partial charge in [-0.2, -0.15) is 4.31 Å². The predicted octanol–water partition coefficient (Wildman–Crippen LogP) is 0.821. The number of thiazole rings is 1. The average Bonchev–Trinajstić information content (AvgIpc) is 3.04. The van der Waals surface area contributed by atoms with Gasteiger partial charge in [-0.3, -0.25) is 4.79 Å². The van der Waals surface area contributed by atoms with E-state index in [0.29, 0.717) is 11.4 Å². The van der Waals surface area contributed by atoms with Crippen molar-refractivity contribution in [3.63, 3.8) is 0 Å². The molecule has 1 heterocycles. The van der Waals surface area contributed by atoms with Crippen LogP contribution in [0.1, 0.15) is 15.5 Å². The lowest BCUT2D eigenvalue weighted by Crippen LogP contribution is -2.39. The standard InChI is InChI=1S/C15H17N3O5S2/c1-18(25(22,23)11-5-3-2-4-6-11)9-13(19)16-8-7-14-17-12(10-24-14)15(20)21/h2-6,10H,7-9H2,1H3,(H,16,19)(H,20,21). The molecule has 8 nitrogen and oxygen atoms in total. The molecule has 0 spiro atoms. The molecular formula is C15H17N3O5S2. The Balaban J connectivity index is 1.84. The number of carboxylic acids is 1. The summed E-state index contributed by atoms with van der Waals surface area (Å²) in [6.45, 7) is -0.0693. The van der Waals surface area contributed by atoms with Crippen molar-refractivity contribution in [1.29, 1.82) is 0 Å². The van der Waals surface area contributed by atoms with E-state index < -0.39 is 21.9 Å². The molecule has 2 rings (SSSR count). The Morgan fingerprint density at radius 1 is 1.28 bits per heavy atom. The number of carboxylic acid groups (broad SMARTS) is 1. The first-order valence-corrected chi connectivity index (χ1v) is 9.58. The van der Waals surface area contributed by atoms with Gasteiger partial charge in [0.05, 0.1) is 16.4 Å². The number of hydrogen-bond acceptors (Lipinski definition) is 6. The Morgan fingerprint density at radius 3 is 2.56 bits per heavy atom. The SMILES string of the molecule is CN(CC(=O)NCCc1nc(C(=O)O)cs1)S(=O)(=O)c1ccccc1. The number of aromatic nitrogens is 1. The van der Waals surface area contributed by atoms with Gasteiger partial charge in [0, 0.05) is 25.4 Å². The smallest absolute Gasteiger partial charge is 0.355 e. The molecule has 1 aromatic carbocycles. The molecule has 0 unspecified atom stereocenters. The highest BCUT2D eigenvalue weighted by Gasteiger charge is 2.22. The molecule has 0 aliphatic heterocycles. The first-order valence-electron chi connectivity index (χ1n) is 7.26. The number of carbonyl (C=O) groups excluding carboxylic acids is 1. The van der Waals surface area contributed by atoms with Crippen molar-refractivity contribution >= 4 is 33.2 Å². The van der Waals surface area contributed by atoms with Gasteiger partial charge in [0.2, 0.25) is 15.9 Å². The van der Waals surface area contributed by atoms with Crippen LogP contribution in [0.2, 0.25) is 0 Å². The quantitative estimate of drug-likeness (QED) is 0.697. The molecule has 2 aromatic rings. The van der Waals surface area contributed by atoms with Gasteiger partial charge >= 0.3 is 5.97 Å². The number of nitrogens with one attached hydrogen (secondary N) is 1. The Hall–Kier alpha value is -2.30. The fraction of sp³-hybridized carbons (Fsp3) is 0.267. The summed E-state index contributed by atoms with van der Waals surface area (Å²) in [7, 11) is -2.39. The lowest BCUT2D eigenvalue weighted by Gasteiger charge is -2.16. The van der Waals surface area contributed by atoms with E-state index in [2.05, 4.69) is 10.3 Å². The van der Waals surface area contributed by atoms with Crippen LogP contribution in [-0.4, -0.2) is 54.8 Å². The zero-order chi connectivity index (χ0) is 18.4. The van der Waals surface area contributed by atoms with Crippen molar-refractivity contribution in [3.8, 4) is 0 Å². The summed E-state index contributed by atoms with van der Waals surface area (Å²) in [6, 6.07) is 7.86. The van der Waals surface area contributed by atoms with Gasteiger partial charge in [0.15, 0.2) is 5.69 Å².